The zero-order valence-electron chi connectivity index (χ0n) is 14.5. The van der Waals surface area contributed by atoms with Gasteiger partial charge in [0.2, 0.25) is 17.8 Å². The van der Waals surface area contributed by atoms with Gasteiger partial charge in [-0.1, -0.05) is 35.0 Å². The number of halogens is 1. The van der Waals surface area contributed by atoms with Gasteiger partial charge >= 0.3 is 0 Å². The van der Waals surface area contributed by atoms with Crippen LogP contribution in [0.4, 0.5) is 11.9 Å². The summed E-state index contributed by atoms with van der Waals surface area (Å²) in [5.41, 5.74) is 1.11. The number of benzene rings is 1. The van der Waals surface area contributed by atoms with E-state index in [1.165, 1.54) is 0 Å². The number of aromatic nitrogens is 3. The average molecular weight is 408 g/mol. The summed E-state index contributed by atoms with van der Waals surface area (Å²) in [6.07, 6.45) is 0.369. The minimum Gasteiger partial charge on any atom is -0.375 e. The van der Waals surface area contributed by atoms with Crippen LogP contribution in [0.1, 0.15) is 31.7 Å². The quantitative estimate of drug-likeness (QED) is 0.697. The first-order chi connectivity index (χ1) is 12.0. The van der Waals surface area contributed by atoms with E-state index in [0.29, 0.717) is 31.4 Å². The standard InChI is InChI=1S/C17H22BrN5O2/c1-4-15(24)22-17-21-12(3)20-16(23-17)19-11(2)9-25-10-13-5-7-14(18)8-6-13/h5-8,11H,4,9-10H2,1-3H3,(H2,19,20,21,22,23,24). The third-order valence-corrected chi connectivity index (χ3v) is 3.77. The second kappa shape index (κ2) is 9.43. The molecule has 134 valence electrons. The molecule has 7 nitrogen and oxygen atoms in total. The van der Waals surface area contributed by atoms with Crippen molar-refractivity contribution in [3.8, 4) is 0 Å². The van der Waals surface area contributed by atoms with E-state index in [2.05, 4.69) is 41.5 Å². The lowest BCUT2D eigenvalue weighted by molar-refractivity contribution is -0.115. The van der Waals surface area contributed by atoms with Gasteiger partial charge in [-0.15, -0.1) is 0 Å². The van der Waals surface area contributed by atoms with Crippen LogP contribution in [0, 0.1) is 6.92 Å². The Balaban J connectivity index is 1.85. The number of hydrogen-bond acceptors (Lipinski definition) is 6. The van der Waals surface area contributed by atoms with Gasteiger partial charge in [0, 0.05) is 16.9 Å². The molecule has 1 unspecified atom stereocenters. The molecule has 0 saturated carbocycles. The molecule has 1 atom stereocenters. The number of hydrogen-bond donors (Lipinski definition) is 2. The fourth-order valence-electron chi connectivity index (χ4n) is 2.01. The summed E-state index contributed by atoms with van der Waals surface area (Å²) < 4.78 is 6.76. The van der Waals surface area contributed by atoms with Crippen molar-refractivity contribution in [2.45, 2.75) is 39.8 Å². The summed E-state index contributed by atoms with van der Waals surface area (Å²) in [4.78, 5) is 24.0. The Labute approximate surface area is 155 Å². The van der Waals surface area contributed by atoms with E-state index in [0.717, 1.165) is 10.0 Å². The van der Waals surface area contributed by atoms with Gasteiger partial charge in [-0.25, -0.2) is 0 Å². The highest BCUT2D eigenvalue weighted by Crippen LogP contribution is 2.12. The minimum atomic E-state index is -0.137. The fourth-order valence-corrected chi connectivity index (χ4v) is 2.28. The predicted molar refractivity (Wildman–Crippen MR) is 100 cm³/mol. The number of anilines is 2. The third kappa shape index (κ3) is 6.75. The third-order valence-electron chi connectivity index (χ3n) is 3.24. The zero-order valence-corrected chi connectivity index (χ0v) is 16.1. The van der Waals surface area contributed by atoms with E-state index in [9.17, 15) is 4.79 Å². The average Bonchev–Trinajstić information content (AvgIpc) is 2.56. The molecule has 0 aliphatic carbocycles. The molecule has 1 aromatic heterocycles. The lowest BCUT2D eigenvalue weighted by Gasteiger charge is -2.15. The normalized spacial score (nSPS) is 11.8. The summed E-state index contributed by atoms with van der Waals surface area (Å²) in [6.45, 7) is 6.53. The number of aryl methyl sites for hydroxylation is 1. The number of amides is 1. The van der Waals surface area contributed by atoms with Crippen molar-refractivity contribution in [3.63, 3.8) is 0 Å². The van der Waals surface area contributed by atoms with E-state index in [1.54, 1.807) is 13.8 Å². The monoisotopic (exact) mass is 407 g/mol. The van der Waals surface area contributed by atoms with Gasteiger partial charge in [-0.3, -0.25) is 10.1 Å². The predicted octanol–water partition coefficient (Wildman–Crippen LogP) is 3.31. The lowest BCUT2D eigenvalue weighted by atomic mass is 10.2. The van der Waals surface area contributed by atoms with E-state index in [1.807, 2.05) is 31.2 Å². The van der Waals surface area contributed by atoms with Gasteiger partial charge in [0.25, 0.3) is 0 Å². The highest BCUT2D eigenvalue weighted by atomic mass is 79.9. The number of nitrogens with one attached hydrogen (secondary N) is 2. The lowest BCUT2D eigenvalue weighted by Crippen LogP contribution is -2.24. The number of ether oxygens (including phenoxy) is 1. The largest absolute Gasteiger partial charge is 0.375 e. The van der Waals surface area contributed by atoms with Crippen LogP contribution < -0.4 is 10.6 Å². The molecule has 0 bridgehead atoms. The molecule has 1 heterocycles. The maximum absolute atomic E-state index is 11.5. The van der Waals surface area contributed by atoms with Gasteiger partial charge in [0.1, 0.15) is 5.82 Å². The molecule has 0 fully saturated rings. The van der Waals surface area contributed by atoms with Gasteiger partial charge in [-0.2, -0.15) is 15.0 Å². The molecule has 25 heavy (non-hydrogen) atoms. The topological polar surface area (TPSA) is 89.0 Å². The second-order valence-electron chi connectivity index (χ2n) is 5.62. The first kappa shape index (κ1) is 19.3. The minimum absolute atomic E-state index is 0.00646. The zero-order chi connectivity index (χ0) is 18.2. The molecule has 2 N–H and O–H groups in total. The Bertz CT molecular complexity index is 709. The molecule has 0 saturated heterocycles. The molecule has 8 heteroatoms. The molecule has 0 aliphatic heterocycles. The first-order valence-corrected chi connectivity index (χ1v) is 8.86. The molecule has 1 amide bonds. The Morgan fingerprint density at radius 2 is 1.88 bits per heavy atom. The van der Waals surface area contributed by atoms with Crippen molar-refractivity contribution in [2.24, 2.45) is 0 Å². The summed E-state index contributed by atoms with van der Waals surface area (Å²) in [5, 5.41) is 5.80. The van der Waals surface area contributed by atoms with E-state index < -0.39 is 0 Å². The first-order valence-electron chi connectivity index (χ1n) is 8.07. The van der Waals surface area contributed by atoms with Gasteiger partial charge in [0.05, 0.1) is 13.2 Å². The van der Waals surface area contributed by atoms with Gasteiger partial charge in [-0.05, 0) is 31.5 Å². The number of rotatable bonds is 8. The number of nitrogens with zero attached hydrogens (tertiary/aromatic N) is 3. The van der Waals surface area contributed by atoms with Crippen LogP contribution >= 0.6 is 15.9 Å². The maximum Gasteiger partial charge on any atom is 0.234 e. The Hall–Kier alpha value is -2.06. The van der Waals surface area contributed by atoms with Crippen LogP contribution in [0.5, 0.6) is 0 Å². The van der Waals surface area contributed by atoms with Crippen molar-refractivity contribution < 1.29 is 9.53 Å². The SMILES string of the molecule is CCC(=O)Nc1nc(C)nc(NC(C)COCc2ccc(Br)cc2)n1. The Morgan fingerprint density at radius 3 is 2.56 bits per heavy atom. The molecular formula is C17H22BrN5O2. The van der Waals surface area contributed by atoms with E-state index in [4.69, 9.17) is 4.74 Å². The highest BCUT2D eigenvalue weighted by molar-refractivity contribution is 9.10. The number of carbonyl (C=O) groups is 1. The van der Waals surface area contributed by atoms with Crippen LogP contribution in [-0.2, 0) is 16.1 Å². The van der Waals surface area contributed by atoms with Crippen LogP contribution in [0.2, 0.25) is 0 Å². The fraction of sp³-hybridized carbons (Fsp3) is 0.412. The smallest absolute Gasteiger partial charge is 0.234 e. The summed E-state index contributed by atoms with van der Waals surface area (Å²) in [5.74, 6) is 1.07. The van der Waals surface area contributed by atoms with Crippen LogP contribution in [-0.4, -0.2) is 33.5 Å². The second-order valence-corrected chi connectivity index (χ2v) is 6.53. The van der Waals surface area contributed by atoms with Gasteiger partial charge in [0.15, 0.2) is 0 Å². The highest BCUT2D eigenvalue weighted by Gasteiger charge is 2.09. The van der Waals surface area contributed by atoms with E-state index >= 15 is 0 Å². The van der Waals surface area contributed by atoms with Crippen molar-refractivity contribution in [3.05, 3.63) is 40.1 Å². The van der Waals surface area contributed by atoms with E-state index in [-0.39, 0.29) is 17.9 Å². The molecule has 2 rings (SSSR count). The molecule has 0 aliphatic rings. The van der Waals surface area contributed by atoms with Gasteiger partial charge < -0.3 is 10.1 Å². The van der Waals surface area contributed by atoms with Crippen molar-refractivity contribution in [1.29, 1.82) is 0 Å². The summed E-state index contributed by atoms with van der Waals surface area (Å²) >= 11 is 3.41. The Morgan fingerprint density at radius 1 is 1.20 bits per heavy atom. The summed E-state index contributed by atoms with van der Waals surface area (Å²) in [6, 6.07) is 8.01. The summed E-state index contributed by atoms with van der Waals surface area (Å²) in [7, 11) is 0. The van der Waals surface area contributed by atoms with Crippen LogP contribution in [0.15, 0.2) is 28.7 Å². The van der Waals surface area contributed by atoms with Crippen LogP contribution in [0.3, 0.4) is 0 Å². The molecular weight excluding hydrogens is 386 g/mol. The molecule has 1 aromatic carbocycles. The number of carbonyl (C=O) groups excluding carboxylic acids is 1. The molecule has 2 aromatic rings. The van der Waals surface area contributed by atoms with Crippen LogP contribution in [0.25, 0.3) is 0 Å². The molecule has 0 spiro atoms. The Kier molecular flexibility index (Phi) is 7.27. The maximum atomic E-state index is 11.5. The van der Waals surface area contributed by atoms with Crippen molar-refractivity contribution >= 4 is 33.7 Å². The van der Waals surface area contributed by atoms with Crippen molar-refractivity contribution in [1.82, 2.24) is 15.0 Å². The molecule has 0 radical (unpaired) electrons. The van der Waals surface area contributed by atoms with Crippen molar-refractivity contribution in [2.75, 3.05) is 17.2 Å².